The lowest BCUT2D eigenvalue weighted by molar-refractivity contribution is -0.137. The highest BCUT2D eigenvalue weighted by atomic mass is 35.5. The van der Waals surface area contributed by atoms with E-state index >= 15 is 0 Å². The molecule has 0 aliphatic rings. The van der Waals surface area contributed by atoms with Crippen LogP contribution in [0.3, 0.4) is 0 Å². The first kappa shape index (κ1) is 22.9. The first-order chi connectivity index (χ1) is 15.8. The Kier molecular flexibility index (Phi) is 6.70. The van der Waals surface area contributed by atoms with E-state index in [2.05, 4.69) is 15.3 Å². The molecule has 2 aromatic carbocycles. The van der Waals surface area contributed by atoms with Gasteiger partial charge >= 0.3 is 6.18 Å². The predicted molar refractivity (Wildman–Crippen MR) is 122 cm³/mol. The van der Waals surface area contributed by atoms with Gasteiger partial charge in [0.25, 0.3) is 0 Å². The zero-order chi connectivity index (χ0) is 23.4. The fraction of sp³-hybridized carbons (Fsp3) is 0.200. The first-order valence-electron chi connectivity index (χ1n) is 10.4. The lowest BCUT2D eigenvalue weighted by Gasteiger charge is -2.19. The van der Waals surface area contributed by atoms with Crippen molar-refractivity contribution in [2.75, 3.05) is 6.54 Å². The van der Waals surface area contributed by atoms with Crippen molar-refractivity contribution in [2.24, 2.45) is 0 Å². The van der Waals surface area contributed by atoms with Crippen molar-refractivity contribution >= 4 is 28.4 Å². The van der Waals surface area contributed by atoms with Crippen LogP contribution in [-0.4, -0.2) is 22.4 Å². The van der Waals surface area contributed by atoms with Gasteiger partial charge in [0.1, 0.15) is 0 Å². The van der Waals surface area contributed by atoms with Gasteiger partial charge in [0.05, 0.1) is 10.6 Å². The largest absolute Gasteiger partial charge is 0.417 e. The number of fused-ring (bicyclic) bond motifs is 1. The van der Waals surface area contributed by atoms with Gasteiger partial charge in [-0.05, 0) is 41.5 Å². The number of carbonyl (C=O) groups is 1. The molecule has 0 aliphatic carbocycles. The van der Waals surface area contributed by atoms with Crippen molar-refractivity contribution in [2.45, 2.75) is 24.9 Å². The molecule has 4 aromatic rings. The molecule has 0 radical (unpaired) electrons. The third-order valence-corrected chi connectivity index (χ3v) is 5.84. The van der Waals surface area contributed by atoms with Crippen LogP contribution in [-0.2, 0) is 17.4 Å². The van der Waals surface area contributed by atoms with E-state index < -0.39 is 17.7 Å². The van der Waals surface area contributed by atoms with Gasteiger partial charge in [-0.1, -0.05) is 41.9 Å². The first-order valence-corrected chi connectivity index (χ1v) is 10.8. The molecule has 0 spiro atoms. The number of nitrogens with one attached hydrogen (secondary N) is 2. The van der Waals surface area contributed by atoms with Crippen LogP contribution in [0.15, 0.2) is 73.1 Å². The second-order valence-electron chi connectivity index (χ2n) is 7.70. The Balaban J connectivity index is 1.62. The second kappa shape index (κ2) is 9.67. The van der Waals surface area contributed by atoms with Gasteiger partial charge in [-0.2, -0.15) is 13.2 Å². The lowest BCUT2D eigenvalue weighted by atomic mass is 9.87. The van der Waals surface area contributed by atoms with Crippen LogP contribution < -0.4 is 5.32 Å². The normalized spacial score (nSPS) is 12.6. The molecule has 1 unspecified atom stereocenters. The Morgan fingerprint density at radius 1 is 1.09 bits per heavy atom. The van der Waals surface area contributed by atoms with Crippen LogP contribution in [0.4, 0.5) is 13.2 Å². The number of halogens is 4. The second-order valence-corrected chi connectivity index (χ2v) is 8.11. The Bertz CT molecular complexity index is 1250. The molecule has 4 nitrogen and oxygen atoms in total. The SMILES string of the molecule is O=C(CC(c1ccc(Cl)c(C(F)(F)F)c1)c1c[nH]c2ccccc12)NCCc1ccccn1. The van der Waals surface area contributed by atoms with E-state index in [1.807, 2.05) is 42.5 Å². The summed E-state index contributed by atoms with van der Waals surface area (Å²) in [6, 6.07) is 16.9. The maximum atomic E-state index is 13.5. The number of para-hydroxylation sites is 1. The van der Waals surface area contributed by atoms with E-state index in [1.54, 1.807) is 18.5 Å². The molecule has 8 heteroatoms. The summed E-state index contributed by atoms with van der Waals surface area (Å²) in [7, 11) is 0. The van der Waals surface area contributed by atoms with Gasteiger partial charge in [0.15, 0.2) is 0 Å². The van der Waals surface area contributed by atoms with E-state index in [9.17, 15) is 18.0 Å². The smallest absolute Gasteiger partial charge is 0.361 e. The maximum Gasteiger partial charge on any atom is 0.417 e. The Morgan fingerprint density at radius 2 is 1.88 bits per heavy atom. The fourth-order valence-electron chi connectivity index (χ4n) is 3.90. The van der Waals surface area contributed by atoms with Crippen molar-refractivity contribution in [3.05, 3.63) is 100 Å². The van der Waals surface area contributed by atoms with Crippen LogP contribution in [0.2, 0.25) is 5.02 Å². The van der Waals surface area contributed by atoms with Gasteiger partial charge in [-0.3, -0.25) is 9.78 Å². The maximum absolute atomic E-state index is 13.5. The minimum absolute atomic E-state index is 0.0109. The number of hydrogen-bond acceptors (Lipinski definition) is 2. The average molecular weight is 472 g/mol. The number of benzene rings is 2. The molecular weight excluding hydrogens is 451 g/mol. The zero-order valence-corrected chi connectivity index (χ0v) is 18.3. The molecule has 0 aliphatic heterocycles. The number of nitrogens with zero attached hydrogens (tertiary/aromatic N) is 1. The molecule has 170 valence electrons. The average Bonchev–Trinajstić information content (AvgIpc) is 3.22. The van der Waals surface area contributed by atoms with Gasteiger partial charge < -0.3 is 10.3 Å². The monoisotopic (exact) mass is 471 g/mol. The summed E-state index contributed by atoms with van der Waals surface area (Å²) in [5, 5.41) is 3.34. The Hall–Kier alpha value is -3.32. The van der Waals surface area contributed by atoms with Gasteiger partial charge in [-0.25, -0.2) is 0 Å². The van der Waals surface area contributed by atoms with Gasteiger partial charge in [0.2, 0.25) is 5.91 Å². The summed E-state index contributed by atoms with van der Waals surface area (Å²) in [6.07, 6.45) is -0.614. The molecular formula is C25H21ClF3N3O. The van der Waals surface area contributed by atoms with E-state index in [0.29, 0.717) is 18.5 Å². The molecule has 0 saturated carbocycles. The molecule has 33 heavy (non-hydrogen) atoms. The number of H-pyrrole nitrogens is 1. The van der Waals surface area contributed by atoms with Crippen LogP contribution in [0.1, 0.15) is 34.7 Å². The fourth-order valence-corrected chi connectivity index (χ4v) is 4.12. The third-order valence-electron chi connectivity index (χ3n) is 5.51. The Labute approximate surface area is 193 Å². The van der Waals surface area contributed by atoms with E-state index in [1.165, 1.54) is 6.07 Å². The number of pyridine rings is 1. The lowest BCUT2D eigenvalue weighted by Crippen LogP contribution is -2.27. The number of aromatic amines is 1. The van der Waals surface area contributed by atoms with Crippen LogP contribution in [0.5, 0.6) is 0 Å². The number of aromatic nitrogens is 2. The quantitative estimate of drug-likeness (QED) is 0.341. The Morgan fingerprint density at radius 3 is 2.64 bits per heavy atom. The van der Waals surface area contributed by atoms with E-state index in [0.717, 1.165) is 28.2 Å². The van der Waals surface area contributed by atoms with Crippen molar-refractivity contribution in [1.82, 2.24) is 15.3 Å². The minimum Gasteiger partial charge on any atom is -0.361 e. The molecule has 4 rings (SSSR count). The van der Waals surface area contributed by atoms with E-state index in [-0.39, 0.29) is 17.4 Å². The summed E-state index contributed by atoms with van der Waals surface area (Å²) < 4.78 is 40.5. The number of hydrogen-bond donors (Lipinski definition) is 2. The topological polar surface area (TPSA) is 57.8 Å². The standard InChI is InChI=1S/C25H21ClF3N3O/c26-22-9-8-16(13-21(22)25(27,28)29)19(20-15-32-23-7-2-1-6-18(20)23)14-24(33)31-12-10-17-5-3-4-11-30-17/h1-9,11,13,15,19,32H,10,12,14H2,(H,31,33). The third kappa shape index (κ3) is 5.37. The summed E-state index contributed by atoms with van der Waals surface area (Å²) in [5.41, 5.74) is 1.90. The molecule has 1 atom stereocenters. The minimum atomic E-state index is -4.59. The number of rotatable bonds is 7. The van der Waals surface area contributed by atoms with Crippen molar-refractivity contribution in [1.29, 1.82) is 0 Å². The van der Waals surface area contributed by atoms with Gasteiger partial charge in [-0.15, -0.1) is 0 Å². The summed E-state index contributed by atoms with van der Waals surface area (Å²) in [5.74, 6) is -0.848. The van der Waals surface area contributed by atoms with Crippen molar-refractivity contribution in [3.8, 4) is 0 Å². The van der Waals surface area contributed by atoms with Gasteiger partial charge in [0, 0.05) is 54.3 Å². The van der Waals surface area contributed by atoms with Crippen molar-refractivity contribution < 1.29 is 18.0 Å². The summed E-state index contributed by atoms with van der Waals surface area (Å²) in [4.78, 5) is 20.2. The highest BCUT2D eigenvalue weighted by Gasteiger charge is 2.34. The zero-order valence-electron chi connectivity index (χ0n) is 17.5. The number of amides is 1. The highest BCUT2D eigenvalue weighted by Crippen LogP contribution is 2.39. The summed E-state index contributed by atoms with van der Waals surface area (Å²) >= 11 is 5.83. The van der Waals surface area contributed by atoms with Crippen LogP contribution >= 0.6 is 11.6 Å². The molecule has 0 bridgehead atoms. The van der Waals surface area contributed by atoms with Crippen molar-refractivity contribution in [3.63, 3.8) is 0 Å². The van der Waals surface area contributed by atoms with E-state index in [4.69, 9.17) is 11.6 Å². The highest BCUT2D eigenvalue weighted by molar-refractivity contribution is 6.31. The van der Waals surface area contributed by atoms with Crippen LogP contribution in [0.25, 0.3) is 10.9 Å². The van der Waals surface area contributed by atoms with Crippen LogP contribution in [0, 0.1) is 0 Å². The molecule has 2 aromatic heterocycles. The molecule has 2 heterocycles. The number of carbonyl (C=O) groups excluding carboxylic acids is 1. The summed E-state index contributed by atoms with van der Waals surface area (Å²) in [6.45, 7) is 0.380. The molecule has 2 N–H and O–H groups in total. The molecule has 0 fully saturated rings. The number of alkyl halides is 3. The molecule has 0 saturated heterocycles. The molecule has 1 amide bonds. The predicted octanol–water partition coefficient (Wildman–Crippen LogP) is 6.12.